The molecule has 2 rings (SSSR count). The van der Waals surface area contributed by atoms with E-state index in [4.69, 9.17) is 4.74 Å². The molecule has 0 spiro atoms. The van der Waals surface area contributed by atoms with Crippen molar-refractivity contribution in [2.75, 3.05) is 14.2 Å². The molecule has 0 aliphatic carbocycles. The summed E-state index contributed by atoms with van der Waals surface area (Å²) in [4.78, 5) is 0. The molecule has 96 valence electrons. The number of aromatic nitrogens is 3. The lowest BCUT2D eigenvalue weighted by Crippen LogP contribution is -2.21. The average Bonchev–Trinajstić information content (AvgIpc) is 2.82. The Kier molecular flexibility index (Phi) is 3.94. The van der Waals surface area contributed by atoms with Gasteiger partial charge in [-0.05, 0) is 31.2 Å². The smallest absolute Gasteiger partial charge is 0.119 e. The lowest BCUT2D eigenvalue weighted by Gasteiger charge is -2.16. The van der Waals surface area contributed by atoms with Gasteiger partial charge in [-0.1, -0.05) is 17.3 Å². The number of aryl methyl sites for hydroxylation is 1. The second-order valence-electron chi connectivity index (χ2n) is 4.18. The third-order valence-corrected chi connectivity index (χ3v) is 3.03. The fraction of sp³-hybridized carbons (Fsp3) is 0.385. The second-order valence-corrected chi connectivity index (χ2v) is 4.18. The van der Waals surface area contributed by atoms with Crippen LogP contribution in [0.25, 0.3) is 0 Å². The Morgan fingerprint density at radius 2 is 2.28 bits per heavy atom. The molecular formula is C13H18N4O. The standard InChI is InChI=1S/C13H18N4O/c1-14-12(13-9-15-16-17(13)2)8-10-5-4-6-11(7-10)18-3/h4-7,9,12,14H,8H2,1-3H3. The Morgan fingerprint density at radius 3 is 2.89 bits per heavy atom. The van der Waals surface area contributed by atoms with Gasteiger partial charge in [-0.2, -0.15) is 0 Å². The summed E-state index contributed by atoms with van der Waals surface area (Å²) in [6.45, 7) is 0. The largest absolute Gasteiger partial charge is 0.497 e. The molecule has 0 aliphatic rings. The van der Waals surface area contributed by atoms with Crippen LogP contribution in [0, 0.1) is 0 Å². The van der Waals surface area contributed by atoms with E-state index in [1.54, 1.807) is 18.0 Å². The maximum atomic E-state index is 5.23. The van der Waals surface area contributed by atoms with Crippen LogP contribution in [0.5, 0.6) is 5.75 Å². The predicted octanol–water partition coefficient (Wildman–Crippen LogP) is 1.33. The first-order chi connectivity index (χ1) is 8.74. The van der Waals surface area contributed by atoms with Crippen molar-refractivity contribution >= 4 is 0 Å². The van der Waals surface area contributed by atoms with Gasteiger partial charge in [0.25, 0.3) is 0 Å². The monoisotopic (exact) mass is 246 g/mol. The maximum Gasteiger partial charge on any atom is 0.119 e. The van der Waals surface area contributed by atoms with E-state index < -0.39 is 0 Å². The maximum absolute atomic E-state index is 5.23. The number of hydrogen-bond acceptors (Lipinski definition) is 4. The summed E-state index contributed by atoms with van der Waals surface area (Å²) < 4.78 is 7.03. The topological polar surface area (TPSA) is 52.0 Å². The normalized spacial score (nSPS) is 12.4. The highest BCUT2D eigenvalue weighted by molar-refractivity contribution is 5.29. The summed E-state index contributed by atoms with van der Waals surface area (Å²) >= 11 is 0. The highest BCUT2D eigenvalue weighted by Crippen LogP contribution is 2.19. The van der Waals surface area contributed by atoms with Crippen molar-refractivity contribution in [2.45, 2.75) is 12.5 Å². The molecule has 0 fully saturated rings. The van der Waals surface area contributed by atoms with Crippen LogP contribution in [0.2, 0.25) is 0 Å². The average molecular weight is 246 g/mol. The number of hydrogen-bond donors (Lipinski definition) is 1. The molecule has 0 saturated carbocycles. The number of benzene rings is 1. The van der Waals surface area contributed by atoms with E-state index in [1.165, 1.54) is 5.56 Å². The van der Waals surface area contributed by atoms with Gasteiger partial charge in [0.1, 0.15) is 5.75 Å². The summed E-state index contributed by atoms with van der Waals surface area (Å²) in [5.74, 6) is 0.880. The first-order valence-corrected chi connectivity index (χ1v) is 5.89. The zero-order chi connectivity index (χ0) is 13.0. The minimum atomic E-state index is 0.192. The van der Waals surface area contributed by atoms with Gasteiger partial charge >= 0.3 is 0 Å². The zero-order valence-electron chi connectivity index (χ0n) is 10.9. The minimum absolute atomic E-state index is 0.192. The Morgan fingerprint density at radius 1 is 1.44 bits per heavy atom. The summed E-state index contributed by atoms with van der Waals surface area (Å²) in [5, 5.41) is 11.2. The van der Waals surface area contributed by atoms with Gasteiger partial charge in [0.2, 0.25) is 0 Å². The fourth-order valence-electron chi connectivity index (χ4n) is 2.00. The molecule has 2 aromatic rings. The van der Waals surface area contributed by atoms with Crippen molar-refractivity contribution < 1.29 is 4.74 Å². The van der Waals surface area contributed by atoms with Crippen LogP contribution in [-0.2, 0) is 13.5 Å². The van der Waals surface area contributed by atoms with Gasteiger partial charge in [0.05, 0.1) is 25.0 Å². The summed E-state index contributed by atoms with van der Waals surface area (Å²) in [6.07, 6.45) is 2.66. The molecule has 5 nitrogen and oxygen atoms in total. The van der Waals surface area contributed by atoms with Gasteiger partial charge in [-0.25, -0.2) is 0 Å². The quantitative estimate of drug-likeness (QED) is 0.864. The van der Waals surface area contributed by atoms with Crippen LogP contribution >= 0.6 is 0 Å². The number of nitrogens with one attached hydrogen (secondary N) is 1. The first kappa shape index (κ1) is 12.6. The van der Waals surface area contributed by atoms with E-state index >= 15 is 0 Å². The second kappa shape index (κ2) is 5.64. The van der Waals surface area contributed by atoms with Crippen LogP contribution in [0.3, 0.4) is 0 Å². The Labute approximate surface area is 107 Å². The van der Waals surface area contributed by atoms with E-state index in [0.717, 1.165) is 17.9 Å². The molecular weight excluding hydrogens is 228 g/mol. The van der Waals surface area contributed by atoms with Gasteiger partial charge in [0.15, 0.2) is 0 Å². The highest BCUT2D eigenvalue weighted by atomic mass is 16.5. The van der Waals surface area contributed by atoms with Gasteiger partial charge in [0, 0.05) is 7.05 Å². The molecule has 0 bridgehead atoms. The van der Waals surface area contributed by atoms with Gasteiger partial charge in [-0.3, -0.25) is 4.68 Å². The van der Waals surface area contributed by atoms with Gasteiger partial charge in [-0.15, -0.1) is 5.10 Å². The lowest BCUT2D eigenvalue weighted by molar-refractivity contribution is 0.414. The summed E-state index contributed by atoms with van der Waals surface area (Å²) in [7, 11) is 5.52. The van der Waals surface area contributed by atoms with Gasteiger partial charge < -0.3 is 10.1 Å². The zero-order valence-corrected chi connectivity index (χ0v) is 10.9. The SMILES string of the molecule is CNC(Cc1cccc(OC)c1)c1cnnn1C. The Balaban J connectivity index is 2.18. The van der Waals surface area contributed by atoms with Crippen LogP contribution < -0.4 is 10.1 Å². The molecule has 1 N–H and O–H groups in total. The third-order valence-electron chi connectivity index (χ3n) is 3.03. The van der Waals surface area contributed by atoms with Crippen molar-refractivity contribution in [3.8, 4) is 5.75 Å². The molecule has 1 atom stereocenters. The summed E-state index contributed by atoms with van der Waals surface area (Å²) in [5.41, 5.74) is 2.29. The molecule has 0 amide bonds. The first-order valence-electron chi connectivity index (χ1n) is 5.89. The molecule has 5 heteroatoms. The minimum Gasteiger partial charge on any atom is -0.497 e. The van der Waals surface area contributed by atoms with Crippen LogP contribution in [-0.4, -0.2) is 29.2 Å². The van der Waals surface area contributed by atoms with E-state index in [-0.39, 0.29) is 6.04 Å². The fourth-order valence-corrected chi connectivity index (χ4v) is 2.00. The number of rotatable bonds is 5. The van der Waals surface area contributed by atoms with E-state index in [0.29, 0.717) is 0 Å². The van der Waals surface area contributed by atoms with Crippen molar-refractivity contribution in [1.82, 2.24) is 20.3 Å². The van der Waals surface area contributed by atoms with Crippen molar-refractivity contribution in [3.63, 3.8) is 0 Å². The molecule has 0 aliphatic heterocycles. The molecule has 0 radical (unpaired) electrons. The number of methoxy groups -OCH3 is 1. The predicted molar refractivity (Wildman–Crippen MR) is 69.5 cm³/mol. The van der Waals surface area contributed by atoms with Crippen molar-refractivity contribution in [2.24, 2.45) is 7.05 Å². The summed E-state index contributed by atoms with van der Waals surface area (Å²) in [6, 6.07) is 8.29. The molecule has 1 unspecified atom stereocenters. The highest BCUT2D eigenvalue weighted by Gasteiger charge is 2.14. The lowest BCUT2D eigenvalue weighted by atomic mass is 10.0. The number of nitrogens with zero attached hydrogens (tertiary/aromatic N) is 3. The van der Waals surface area contributed by atoms with Crippen LogP contribution in [0.15, 0.2) is 30.5 Å². The molecule has 1 aromatic carbocycles. The Bertz CT molecular complexity index is 509. The van der Waals surface area contributed by atoms with Crippen LogP contribution in [0.1, 0.15) is 17.3 Å². The number of likely N-dealkylation sites (N-methyl/N-ethyl adjacent to an activating group) is 1. The van der Waals surface area contributed by atoms with E-state index in [9.17, 15) is 0 Å². The van der Waals surface area contributed by atoms with E-state index in [1.807, 2.05) is 32.3 Å². The van der Waals surface area contributed by atoms with Crippen LogP contribution in [0.4, 0.5) is 0 Å². The van der Waals surface area contributed by atoms with Crippen molar-refractivity contribution in [1.29, 1.82) is 0 Å². The van der Waals surface area contributed by atoms with Crippen molar-refractivity contribution in [3.05, 3.63) is 41.7 Å². The molecule has 1 heterocycles. The number of ether oxygens (including phenoxy) is 1. The third kappa shape index (κ3) is 2.68. The Hall–Kier alpha value is -1.88. The molecule has 1 aromatic heterocycles. The molecule has 0 saturated heterocycles. The molecule has 18 heavy (non-hydrogen) atoms. The van der Waals surface area contributed by atoms with E-state index in [2.05, 4.69) is 21.7 Å².